The third-order valence-corrected chi connectivity index (χ3v) is 5.48. The van der Waals surface area contributed by atoms with Gasteiger partial charge >= 0.3 is 0 Å². The first-order chi connectivity index (χ1) is 10.1. The quantitative estimate of drug-likeness (QED) is 0.902. The molecule has 0 amide bonds. The minimum atomic E-state index is 0.318. The molecule has 1 aliphatic rings. The van der Waals surface area contributed by atoms with Gasteiger partial charge in [0, 0.05) is 36.2 Å². The molecule has 1 fully saturated rings. The van der Waals surface area contributed by atoms with Gasteiger partial charge in [0.15, 0.2) is 0 Å². The summed E-state index contributed by atoms with van der Waals surface area (Å²) >= 11 is 3.66. The number of nitrogens with two attached hydrogens (primary N) is 1. The van der Waals surface area contributed by atoms with Gasteiger partial charge in [0.1, 0.15) is 0 Å². The van der Waals surface area contributed by atoms with Gasteiger partial charge in [-0.25, -0.2) is 0 Å². The second-order valence-corrected chi connectivity index (χ2v) is 7.03. The smallest absolute Gasteiger partial charge is 0.0474 e. The van der Waals surface area contributed by atoms with E-state index in [9.17, 15) is 0 Å². The Balaban J connectivity index is 2.27. The first kappa shape index (κ1) is 16.9. The summed E-state index contributed by atoms with van der Waals surface area (Å²) in [5.41, 5.74) is 8.76. The Hall–Kier alpha value is -0.420. The highest BCUT2D eigenvalue weighted by molar-refractivity contribution is 9.10. The van der Waals surface area contributed by atoms with Crippen molar-refractivity contribution in [3.63, 3.8) is 0 Å². The lowest BCUT2D eigenvalue weighted by Gasteiger charge is -2.37. The van der Waals surface area contributed by atoms with Crippen molar-refractivity contribution in [3.05, 3.63) is 33.8 Å². The number of aryl methyl sites for hydroxylation is 1. The minimum absolute atomic E-state index is 0.318. The van der Waals surface area contributed by atoms with Crippen molar-refractivity contribution < 1.29 is 0 Å². The summed E-state index contributed by atoms with van der Waals surface area (Å²) in [7, 11) is 2.23. The van der Waals surface area contributed by atoms with Crippen LogP contribution >= 0.6 is 15.9 Å². The maximum absolute atomic E-state index is 6.16. The molecule has 0 radical (unpaired) electrons. The molecule has 2 unspecified atom stereocenters. The Morgan fingerprint density at radius 2 is 2.14 bits per heavy atom. The lowest BCUT2D eigenvalue weighted by molar-refractivity contribution is 0.131. The van der Waals surface area contributed by atoms with E-state index < -0.39 is 0 Å². The predicted molar refractivity (Wildman–Crippen MR) is 93.6 cm³/mol. The number of likely N-dealkylation sites (N-methyl/N-ethyl adjacent to an activating group) is 1. The maximum atomic E-state index is 6.16. The van der Waals surface area contributed by atoms with E-state index in [1.807, 2.05) is 0 Å². The molecule has 0 aliphatic carbocycles. The SMILES string of the molecule is CCC1CN(C)CCCN1C(CN)c1ccc(C)c(Br)c1. The average Bonchev–Trinajstić information content (AvgIpc) is 2.65. The van der Waals surface area contributed by atoms with Crippen LogP contribution in [0.3, 0.4) is 0 Å². The zero-order valence-corrected chi connectivity index (χ0v) is 15.1. The van der Waals surface area contributed by atoms with Crippen LogP contribution in [0.5, 0.6) is 0 Å². The summed E-state index contributed by atoms with van der Waals surface area (Å²) in [6.45, 7) is 8.55. The summed E-state index contributed by atoms with van der Waals surface area (Å²) < 4.78 is 1.18. The number of halogens is 1. The molecule has 0 saturated carbocycles. The van der Waals surface area contributed by atoms with Crippen LogP contribution in [-0.2, 0) is 0 Å². The molecule has 2 rings (SSSR count). The third-order valence-electron chi connectivity index (χ3n) is 4.62. The van der Waals surface area contributed by atoms with Gasteiger partial charge in [0.2, 0.25) is 0 Å². The highest BCUT2D eigenvalue weighted by atomic mass is 79.9. The fraction of sp³-hybridized carbons (Fsp3) is 0.647. The summed E-state index contributed by atoms with van der Waals surface area (Å²) in [4.78, 5) is 5.08. The molecule has 3 nitrogen and oxygen atoms in total. The van der Waals surface area contributed by atoms with Crippen LogP contribution in [0.4, 0.5) is 0 Å². The van der Waals surface area contributed by atoms with Gasteiger partial charge in [-0.15, -0.1) is 0 Å². The Labute approximate surface area is 137 Å². The lowest BCUT2D eigenvalue weighted by Crippen LogP contribution is -2.44. The van der Waals surface area contributed by atoms with Crippen LogP contribution in [0.15, 0.2) is 22.7 Å². The highest BCUT2D eigenvalue weighted by Crippen LogP contribution is 2.28. The van der Waals surface area contributed by atoms with E-state index in [0.29, 0.717) is 18.6 Å². The number of hydrogen-bond donors (Lipinski definition) is 1. The second kappa shape index (κ2) is 7.73. The molecule has 0 bridgehead atoms. The highest BCUT2D eigenvalue weighted by Gasteiger charge is 2.28. The van der Waals surface area contributed by atoms with E-state index in [2.05, 4.69) is 64.8 Å². The van der Waals surface area contributed by atoms with Gasteiger partial charge in [0.25, 0.3) is 0 Å². The zero-order chi connectivity index (χ0) is 15.4. The molecule has 21 heavy (non-hydrogen) atoms. The van der Waals surface area contributed by atoms with Crippen molar-refractivity contribution in [2.75, 3.05) is 33.2 Å². The Morgan fingerprint density at radius 3 is 2.76 bits per heavy atom. The van der Waals surface area contributed by atoms with Gasteiger partial charge in [-0.3, -0.25) is 4.90 Å². The number of rotatable bonds is 4. The monoisotopic (exact) mass is 353 g/mol. The van der Waals surface area contributed by atoms with Crippen LogP contribution in [0.1, 0.15) is 36.9 Å². The van der Waals surface area contributed by atoms with Gasteiger partial charge in [-0.05, 0) is 50.6 Å². The Kier molecular flexibility index (Phi) is 6.23. The predicted octanol–water partition coefficient (Wildman–Crippen LogP) is 3.17. The molecule has 1 aliphatic heterocycles. The van der Waals surface area contributed by atoms with Crippen LogP contribution in [0, 0.1) is 6.92 Å². The molecule has 2 atom stereocenters. The number of nitrogens with zero attached hydrogens (tertiary/aromatic N) is 2. The van der Waals surface area contributed by atoms with E-state index in [4.69, 9.17) is 5.73 Å². The molecule has 1 aromatic carbocycles. The van der Waals surface area contributed by atoms with Crippen molar-refractivity contribution in [1.29, 1.82) is 0 Å². The van der Waals surface area contributed by atoms with Gasteiger partial charge in [0.05, 0.1) is 0 Å². The van der Waals surface area contributed by atoms with Crippen molar-refractivity contribution in [3.8, 4) is 0 Å². The van der Waals surface area contributed by atoms with E-state index >= 15 is 0 Å². The topological polar surface area (TPSA) is 32.5 Å². The van der Waals surface area contributed by atoms with Crippen LogP contribution < -0.4 is 5.73 Å². The van der Waals surface area contributed by atoms with Gasteiger partial charge in [-0.2, -0.15) is 0 Å². The Morgan fingerprint density at radius 1 is 1.38 bits per heavy atom. The van der Waals surface area contributed by atoms with Crippen LogP contribution in [0.2, 0.25) is 0 Å². The maximum Gasteiger partial charge on any atom is 0.0474 e. The largest absolute Gasteiger partial charge is 0.329 e. The fourth-order valence-corrected chi connectivity index (χ4v) is 3.71. The van der Waals surface area contributed by atoms with Crippen LogP contribution in [-0.4, -0.2) is 49.1 Å². The molecule has 0 aromatic heterocycles. The summed E-state index contributed by atoms with van der Waals surface area (Å²) in [5.74, 6) is 0. The van der Waals surface area contributed by atoms with E-state index in [1.54, 1.807) is 0 Å². The standard InChI is InChI=1S/C17H28BrN3/c1-4-15-12-20(3)8-5-9-21(15)17(11-19)14-7-6-13(2)16(18)10-14/h6-7,10,15,17H,4-5,8-9,11-12,19H2,1-3H3. The lowest BCUT2D eigenvalue weighted by atomic mass is 10.0. The zero-order valence-electron chi connectivity index (χ0n) is 13.5. The summed E-state index contributed by atoms with van der Waals surface area (Å²) in [6, 6.07) is 7.57. The van der Waals surface area contributed by atoms with Gasteiger partial charge in [-0.1, -0.05) is 35.0 Å². The molecule has 1 aromatic rings. The Bertz CT molecular complexity index is 463. The number of benzene rings is 1. The van der Waals surface area contributed by atoms with E-state index in [1.165, 1.54) is 35.0 Å². The molecule has 0 spiro atoms. The molecule has 2 N–H and O–H groups in total. The van der Waals surface area contributed by atoms with E-state index in [0.717, 1.165) is 13.1 Å². The van der Waals surface area contributed by atoms with Crippen molar-refractivity contribution in [2.45, 2.75) is 38.8 Å². The number of hydrogen-bond acceptors (Lipinski definition) is 3. The second-order valence-electron chi connectivity index (χ2n) is 6.18. The fourth-order valence-electron chi connectivity index (χ4n) is 3.31. The molecule has 4 heteroatoms. The molecule has 1 heterocycles. The summed E-state index contributed by atoms with van der Waals surface area (Å²) in [5, 5.41) is 0. The normalized spacial score (nSPS) is 23.0. The van der Waals surface area contributed by atoms with Gasteiger partial charge < -0.3 is 10.6 Å². The first-order valence-electron chi connectivity index (χ1n) is 7.97. The molecule has 118 valence electrons. The average molecular weight is 354 g/mol. The first-order valence-corrected chi connectivity index (χ1v) is 8.76. The summed E-state index contributed by atoms with van der Waals surface area (Å²) in [6.07, 6.45) is 2.39. The molecular formula is C17H28BrN3. The molecule has 1 saturated heterocycles. The van der Waals surface area contributed by atoms with Crippen molar-refractivity contribution in [1.82, 2.24) is 9.80 Å². The van der Waals surface area contributed by atoms with Crippen LogP contribution in [0.25, 0.3) is 0 Å². The van der Waals surface area contributed by atoms with E-state index in [-0.39, 0.29) is 0 Å². The van der Waals surface area contributed by atoms with Crippen molar-refractivity contribution in [2.24, 2.45) is 5.73 Å². The minimum Gasteiger partial charge on any atom is -0.329 e. The van der Waals surface area contributed by atoms with Crippen molar-refractivity contribution >= 4 is 15.9 Å². The molecular weight excluding hydrogens is 326 g/mol. The third kappa shape index (κ3) is 4.07.